The highest BCUT2D eigenvalue weighted by Gasteiger charge is 2.30. The molecule has 0 bridgehead atoms. The number of likely N-dealkylation sites (tertiary alicyclic amines) is 1. The molecule has 7 heteroatoms. The number of hydrogen-bond acceptors (Lipinski definition) is 5. The topological polar surface area (TPSA) is 63.9 Å². The Morgan fingerprint density at radius 1 is 1.27 bits per heavy atom. The Balaban J connectivity index is 2.04. The van der Waals surface area contributed by atoms with Crippen molar-refractivity contribution < 1.29 is 4.79 Å². The molecule has 2 rings (SSSR count). The van der Waals surface area contributed by atoms with Crippen LogP contribution in [0.4, 0.5) is 0 Å². The van der Waals surface area contributed by atoms with E-state index < -0.39 is 0 Å². The maximum atomic E-state index is 12.7. The van der Waals surface area contributed by atoms with Gasteiger partial charge in [-0.2, -0.15) is 0 Å². The van der Waals surface area contributed by atoms with Gasteiger partial charge in [0.2, 0.25) is 11.1 Å². The third-order valence-corrected chi connectivity index (χ3v) is 4.91. The predicted molar refractivity (Wildman–Crippen MR) is 87.7 cm³/mol. The maximum Gasteiger partial charge on any atom is 0.235 e. The molecule has 6 nitrogen and oxygen atoms in total. The summed E-state index contributed by atoms with van der Waals surface area (Å²) in [5, 5.41) is 12.4. The fourth-order valence-corrected chi connectivity index (χ4v) is 4.04. The summed E-state index contributed by atoms with van der Waals surface area (Å²) in [5.74, 6) is 1.33. The van der Waals surface area contributed by atoms with Crippen LogP contribution in [0.15, 0.2) is 5.16 Å². The molecule has 0 saturated carbocycles. The number of thioether (sulfide) groups is 1. The largest absolute Gasteiger partial charge is 0.341 e. The molecule has 3 atom stereocenters. The molecule has 22 heavy (non-hydrogen) atoms. The second-order valence-electron chi connectivity index (χ2n) is 7.49. The van der Waals surface area contributed by atoms with Crippen molar-refractivity contribution in [2.75, 3.05) is 13.1 Å². The minimum Gasteiger partial charge on any atom is -0.341 e. The van der Waals surface area contributed by atoms with Gasteiger partial charge in [-0.15, -0.1) is 5.10 Å². The highest BCUT2D eigenvalue weighted by atomic mass is 32.2. The van der Waals surface area contributed by atoms with Crippen LogP contribution in [0.2, 0.25) is 0 Å². The van der Waals surface area contributed by atoms with Crippen LogP contribution >= 0.6 is 11.8 Å². The lowest BCUT2D eigenvalue weighted by molar-refractivity contribution is -0.132. The van der Waals surface area contributed by atoms with Gasteiger partial charge in [-0.05, 0) is 56.4 Å². The quantitative estimate of drug-likeness (QED) is 0.799. The molecule has 3 unspecified atom stereocenters. The molecular weight excluding hydrogens is 298 g/mol. The zero-order valence-corrected chi connectivity index (χ0v) is 15.2. The van der Waals surface area contributed by atoms with Crippen molar-refractivity contribution in [3.05, 3.63) is 0 Å². The van der Waals surface area contributed by atoms with E-state index >= 15 is 0 Å². The van der Waals surface area contributed by atoms with Crippen molar-refractivity contribution in [2.45, 2.75) is 63.9 Å². The Bertz CT molecular complexity index is 514. The van der Waals surface area contributed by atoms with Crippen LogP contribution in [-0.4, -0.2) is 49.4 Å². The molecule has 0 aromatic carbocycles. The first-order valence-corrected chi connectivity index (χ1v) is 8.80. The molecule has 1 fully saturated rings. The summed E-state index contributed by atoms with van der Waals surface area (Å²) in [5.41, 5.74) is -0.192. The monoisotopic (exact) mass is 325 g/mol. The first-order valence-electron chi connectivity index (χ1n) is 7.92. The van der Waals surface area contributed by atoms with Gasteiger partial charge in [0.25, 0.3) is 0 Å². The van der Waals surface area contributed by atoms with Gasteiger partial charge in [-0.3, -0.25) is 4.79 Å². The van der Waals surface area contributed by atoms with Gasteiger partial charge in [0, 0.05) is 13.1 Å². The Hall–Kier alpha value is -1.11. The summed E-state index contributed by atoms with van der Waals surface area (Å²) in [6, 6.07) is 0. The van der Waals surface area contributed by atoms with E-state index in [0.717, 1.165) is 13.1 Å². The zero-order chi connectivity index (χ0) is 16.5. The number of nitrogens with zero attached hydrogens (tertiary/aromatic N) is 5. The van der Waals surface area contributed by atoms with E-state index in [-0.39, 0.29) is 16.7 Å². The van der Waals surface area contributed by atoms with Gasteiger partial charge < -0.3 is 4.90 Å². The van der Waals surface area contributed by atoms with Gasteiger partial charge in [0.1, 0.15) is 0 Å². The normalized spacial score (nSPS) is 24.4. The number of hydrogen-bond donors (Lipinski definition) is 0. The minimum absolute atomic E-state index is 0.176. The second-order valence-corrected chi connectivity index (χ2v) is 8.80. The second kappa shape index (κ2) is 6.56. The number of carbonyl (C=O) groups excluding carboxylic acids is 1. The Morgan fingerprint density at radius 2 is 1.86 bits per heavy atom. The van der Waals surface area contributed by atoms with E-state index in [1.54, 1.807) is 4.68 Å². The van der Waals surface area contributed by atoms with Gasteiger partial charge in [0.15, 0.2) is 0 Å². The van der Waals surface area contributed by atoms with Crippen molar-refractivity contribution >= 4 is 17.7 Å². The third kappa shape index (κ3) is 4.00. The molecule has 0 N–H and O–H groups in total. The van der Waals surface area contributed by atoms with Crippen LogP contribution in [0.3, 0.4) is 0 Å². The summed E-state index contributed by atoms with van der Waals surface area (Å²) in [6.07, 6.45) is 1.20. The summed E-state index contributed by atoms with van der Waals surface area (Å²) >= 11 is 1.44. The number of rotatable bonds is 3. The molecule has 1 aliphatic heterocycles. The smallest absolute Gasteiger partial charge is 0.235 e. The highest BCUT2D eigenvalue weighted by Crippen LogP contribution is 2.28. The highest BCUT2D eigenvalue weighted by molar-refractivity contribution is 8.00. The van der Waals surface area contributed by atoms with Crippen LogP contribution in [0.1, 0.15) is 48.0 Å². The van der Waals surface area contributed by atoms with Crippen LogP contribution in [-0.2, 0) is 10.3 Å². The predicted octanol–water partition coefficient (Wildman–Crippen LogP) is 2.41. The fourth-order valence-electron chi connectivity index (χ4n) is 2.98. The first-order chi connectivity index (χ1) is 10.2. The molecule has 124 valence electrons. The maximum absolute atomic E-state index is 12.7. The van der Waals surface area contributed by atoms with E-state index in [4.69, 9.17) is 0 Å². The van der Waals surface area contributed by atoms with Gasteiger partial charge in [-0.25, -0.2) is 4.68 Å². The van der Waals surface area contributed by atoms with Crippen LogP contribution < -0.4 is 0 Å². The van der Waals surface area contributed by atoms with Crippen molar-refractivity contribution in [3.8, 4) is 0 Å². The van der Waals surface area contributed by atoms with Crippen molar-refractivity contribution in [1.29, 1.82) is 0 Å². The number of amides is 1. The third-order valence-electron chi connectivity index (χ3n) is 3.89. The van der Waals surface area contributed by atoms with Crippen LogP contribution in [0.5, 0.6) is 0 Å². The van der Waals surface area contributed by atoms with E-state index in [9.17, 15) is 4.79 Å². The average Bonchev–Trinajstić information content (AvgIpc) is 2.84. The number of piperidine rings is 1. The molecule has 0 spiro atoms. The van der Waals surface area contributed by atoms with Gasteiger partial charge >= 0.3 is 0 Å². The van der Waals surface area contributed by atoms with Crippen LogP contribution in [0.25, 0.3) is 0 Å². The molecule has 0 aliphatic carbocycles. The molecule has 1 amide bonds. The molecule has 1 saturated heterocycles. The molecular formula is C15H27N5OS. The zero-order valence-electron chi connectivity index (χ0n) is 14.4. The number of tetrazole rings is 1. The summed E-state index contributed by atoms with van der Waals surface area (Å²) in [6.45, 7) is 14.2. The fraction of sp³-hybridized carbons (Fsp3) is 0.867. The standard InChI is InChI=1S/C15H27N5OS/c1-10-7-11(2)9-19(8-10)13(21)12(3)22-14-16-17-18-20(14)15(4,5)6/h10-12H,7-9H2,1-6H3. The van der Waals surface area contributed by atoms with E-state index in [1.807, 2.05) is 32.6 Å². The first kappa shape index (κ1) is 17.2. The van der Waals surface area contributed by atoms with Crippen molar-refractivity contribution in [3.63, 3.8) is 0 Å². The average molecular weight is 325 g/mol. The Kier molecular flexibility index (Phi) is 5.14. The lowest BCUT2D eigenvalue weighted by Crippen LogP contribution is -2.45. The molecule has 1 aromatic heterocycles. The lowest BCUT2D eigenvalue weighted by atomic mass is 9.92. The van der Waals surface area contributed by atoms with E-state index in [1.165, 1.54) is 18.2 Å². The Labute approximate surface area is 137 Å². The molecule has 1 aromatic rings. The molecule has 0 radical (unpaired) electrons. The van der Waals surface area contributed by atoms with Crippen LogP contribution in [0, 0.1) is 11.8 Å². The minimum atomic E-state index is -0.192. The Morgan fingerprint density at radius 3 is 2.41 bits per heavy atom. The lowest BCUT2D eigenvalue weighted by Gasteiger charge is -2.36. The van der Waals surface area contributed by atoms with E-state index in [0.29, 0.717) is 17.0 Å². The van der Waals surface area contributed by atoms with Gasteiger partial charge in [0.05, 0.1) is 10.8 Å². The molecule has 1 aliphatic rings. The van der Waals surface area contributed by atoms with E-state index in [2.05, 4.69) is 29.4 Å². The summed E-state index contributed by atoms with van der Waals surface area (Å²) < 4.78 is 1.78. The SMILES string of the molecule is CC1CC(C)CN(C(=O)C(C)Sc2nnnn2C(C)(C)C)C1. The number of carbonyl (C=O) groups is 1. The van der Waals surface area contributed by atoms with Crippen molar-refractivity contribution in [2.24, 2.45) is 11.8 Å². The molecule has 2 heterocycles. The summed E-state index contributed by atoms with van der Waals surface area (Å²) in [7, 11) is 0. The van der Waals surface area contributed by atoms with Gasteiger partial charge in [-0.1, -0.05) is 25.6 Å². The number of aromatic nitrogens is 4. The summed E-state index contributed by atoms with van der Waals surface area (Å²) in [4.78, 5) is 14.7. The van der Waals surface area contributed by atoms with Crippen molar-refractivity contribution in [1.82, 2.24) is 25.1 Å².